The van der Waals surface area contributed by atoms with E-state index in [0.717, 1.165) is 29.8 Å². The Kier molecular flexibility index (Phi) is 3.55. The van der Waals surface area contributed by atoms with Crippen LogP contribution in [0.4, 0.5) is 0 Å². The number of aryl methyl sites for hydroxylation is 2. The zero-order chi connectivity index (χ0) is 16.7. The highest BCUT2D eigenvalue weighted by Crippen LogP contribution is 2.26. The van der Waals surface area contributed by atoms with E-state index in [1.165, 1.54) is 0 Å². The summed E-state index contributed by atoms with van der Waals surface area (Å²) in [5, 5.41) is 3.84. The molecule has 7 heteroatoms. The summed E-state index contributed by atoms with van der Waals surface area (Å²) in [5.74, 6) is 2.35. The first-order valence-corrected chi connectivity index (χ1v) is 8.11. The molecule has 24 heavy (non-hydrogen) atoms. The number of carbonyl (C=O) groups is 1. The molecule has 1 atom stereocenters. The standard InChI is InChI=1S/C17H19N5O2/c1-11-18-17(24-20-11)13-7-8-21(9-13)16(23)10-22-12(2)19-14-5-3-4-6-15(14)22/h3-6,13H,7-10H2,1-2H3/t13-/m1/s1. The van der Waals surface area contributed by atoms with Crippen LogP contribution in [0.3, 0.4) is 0 Å². The molecule has 1 aliphatic heterocycles. The molecule has 1 aliphatic rings. The number of hydrogen-bond acceptors (Lipinski definition) is 5. The highest BCUT2D eigenvalue weighted by atomic mass is 16.5. The lowest BCUT2D eigenvalue weighted by molar-refractivity contribution is -0.130. The predicted molar refractivity (Wildman–Crippen MR) is 87.4 cm³/mol. The summed E-state index contributed by atoms with van der Waals surface area (Å²) in [4.78, 5) is 23.4. The number of aromatic nitrogens is 4. The van der Waals surface area contributed by atoms with E-state index in [2.05, 4.69) is 15.1 Å². The number of benzene rings is 1. The molecule has 3 heterocycles. The van der Waals surface area contributed by atoms with Gasteiger partial charge in [0, 0.05) is 13.1 Å². The van der Waals surface area contributed by atoms with E-state index in [1.807, 2.05) is 40.7 Å². The van der Waals surface area contributed by atoms with Gasteiger partial charge in [-0.05, 0) is 32.4 Å². The third-order valence-corrected chi connectivity index (χ3v) is 4.57. The van der Waals surface area contributed by atoms with E-state index in [-0.39, 0.29) is 11.8 Å². The van der Waals surface area contributed by atoms with Crippen molar-refractivity contribution in [2.75, 3.05) is 13.1 Å². The van der Waals surface area contributed by atoms with Gasteiger partial charge in [0.2, 0.25) is 11.8 Å². The maximum Gasteiger partial charge on any atom is 0.242 e. The van der Waals surface area contributed by atoms with Crippen LogP contribution in [0.5, 0.6) is 0 Å². The smallest absolute Gasteiger partial charge is 0.242 e. The molecule has 0 saturated carbocycles. The highest BCUT2D eigenvalue weighted by Gasteiger charge is 2.31. The lowest BCUT2D eigenvalue weighted by Gasteiger charge is -2.17. The molecule has 1 amide bonds. The van der Waals surface area contributed by atoms with Crippen molar-refractivity contribution in [1.82, 2.24) is 24.6 Å². The second-order valence-electron chi connectivity index (χ2n) is 6.24. The van der Waals surface area contributed by atoms with Crippen LogP contribution in [0, 0.1) is 13.8 Å². The summed E-state index contributed by atoms with van der Waals surface area (Å²) in [6, 6.07) is 7.89. The Hall–Kier alpha value is -2.70. The van der Waals surface area contributed by atoms with Crippen molar-refractivity contribution >= 4 is 16.9 Å². The van der Waals surface area contributed by atoms with Crippen LogP contribution in [0.2, 0.25) is 0 Å². The Morgan fingerprint density at radius 1 is 1.29 bits per heavy atom. The molecule has 0 unspecified atom stereocenters. The summed E-state index contributed by atoms with van der Waals surface area (Å²) in [7, 11) is 0. The van der Waals surface area contributed by atoms with E-state index < -0.39 is 0 Å². The van der Waals surface area contributed by atoms with E-state index >= 15 is 0 Å². The number of para-hydroxylation sites is 2. The van der Waals surface area contributed by atoms with E-state index in [1.54, 1.807) is 6.92 Å². The van der Waals surface area contributed by atoms with Gasteiger partial charge in [-0.3, -0.25) is 4.79 Å². The Bertz CT molecular complexity index is 897. The van der Waals surface area contributed by atoms with Crippen molar-refractivity contribution < 1.29 is 9.32 Å². The Labute approximate surface area is 139 Å². The van der Waals surface area contributed by atoms with E-state index in [0.29, 0.717) is 24.8 Å². The van der Waals surface area contributed by atoms with Gasteiger partial charge in [-0.25, -0.2) is 4.98 Å². The monoisotopic (exact) mass is 325 g/mol. The second-order valence-corrected chi connectivity index (χ2v) is 6.24. The summed E-state index contributed by atoms with van der Waals surface area (Å²) in [6.07, 6.45) is 0.858. The van der Waals surface area contributed by atoms with Crippen LogP contribution >= 0.6 is 0 Å². The zero-order valence-electron chi connectivity index (χ0n) is 13.8. The van der Waals surface area contributed by atoms with Crippen molar-refractivity contribution in [3.8, 4) is 0 Å². The van der Waals surface area contributed by atoms with Gasteiger partial charge in [0.05, 0.1) is 17.0 Å². The molecule has 0 N–H and O–H groups in total. The number of rotatable bonds is 3. The molecule has 0 bridgehead atoms. The molecule has 0 radical (unpaired) electrons. The average Bonchev–Trinajstić information content (AvgIpc) is 3.27. The minimum atomic E-state index is 0.0972. The van der Waals surface area contributed by atoms with E-state index in [9.17, 15) is 4.79 Å². The first-order chi connectivity index (χ1) is 11.6. The van der Waals surface area contributed by atoms with Gasteiger partial charge >= 0.3 is 0 Å². The Morgan fingerprint density at radius 3 is 2.92 bits per heavy atom. The molecule has 0 aliphatic carbocycles. The van der Waals surface area contributed by atoms with Crippen molar-refractivity contribution in [1.29, 1.82) is 0 Å². The highest BCUT2D eigenvalue weighted by molar-refractivity contribution is 5.81. The number of fused-ring (bicyclic) bond motifs is 1. The van der Waals surface area contributed by atoms with Crippen molar-refractivity contribution in [2.45, 2.75) is 32.7 Å². The largest absolute Gasteiger partial charge is 0.340 e. The number of carbonyl (C=O) groups excluding carboxylic acids is 1. The second kappa shape index (κ2) is 5.74. The van der Waals surface area contributed by atoms with Crippen LogP contribution in [0.25, 0.3) is 11.0 Å². The van der Waals surface area contributed by atoms with Crippen LogP contribution < -0.4 is 0 Å². The summed E-state index contributed by atoms with van der Waals surface area (Å²) in [5.41, 5.74) is 1.91. The quantitative estimate of drug-likeness (QED) is 0.736. The molecular weight excluding hydrogens is 306 g/mol. The molecule has 1 saturated heterocycles. The number of likely N-dealkylation sites (tertiary alicyclic amines) is 1. The predicted octanol–water partition coefficient (Wildman–Crippen LogP) is 2.05. The van der Waals surface area contributed by atoms with E-state index in [4.69, 9.17) is 4.52 Å². The van der Waals surface area contributed by atoms with Gasteiger partial charge in [0.15, 0.2) is 5.82 Å². The maximum atomic E-state index is 12.7. The fraction of sp³-hybridized carbons (Fsp3) is 0.412. The molecule has 4 rings (SSSR count). The lowest BCUT2D eigenvalue weighted by Crippen LogP contribution is -2.32. The van der Waals surface area contributed by atoms with Gasteiger partial charge in [0.1, 0.15) is 12.4 Å². The summed E-state index contributed by atoms with van der Waals surface area (Å²) < 4.78 is 7.22. The molecule has 1 aromatic carbocycles. The zero-order valence-corrected chi connectivity index (χ0v) is 13.8. The fourth-order valence-electron chi connectivity index (χ4n) is 3.30. The van der Waals surface area contributed by atoms with Crippen LogP contribution in [0.15, 0.2) is 28.8 Å². The van der Waals surface area contributed by atoms with Gasteiger partial charge in [-0.1, -0.05) is 17.3 Å². The molecule has 124 valence electrons. The number of hydrogen-bond donors (Lipinski definition) is 0. The molecule has 1 fully saturated rings. The van der Waals surface area contributed by atoms with Crippen LogP contribution in [-0.2, 0) is 11.3 Å². The number of imidazole rings is 1. The lowest BCUT2D eigenvalue weighted by atomic mass is 10.1. The molecular formula is C17H19N5O2. The van der Waals surface area contributed by atoms with Gasteiger partial charge in [0.25, 0.3) is 0 Å². The van der Waals surface area contributed by atoms with Gasteiger partial charge < -0.3 is 14.0 Å². The molecule has 2 aromatic heterocycles. The minimum absolute atomic E-state index is 0.0972. The van der Waals surface area contributed by atoms with Crippen molar-refractivity contribution in [3.05, 3.63) is 41.8 Å². The average molecular weight is 325 g/mol. The fourth-order valence-corrected chi connectivity index (χ4v) is 3.30. The third-order valence-electron chi connectivity index (χ3n) is 4.57. The van der Waals surface area contributed by atoms with Gasteiger partial charge in [-0.15, -0.1) is 0 Å². The molecule has 0 spiro atoms. The summed E-state index contributed by atoms with van der Waals surface area (Å²) >= 11 is 0. The Balaban J connectivity index is 1.49. The molecule has 3 aromatic rings. The normalized spacial score (nSPS) is 17.8. The van der Waals surface area contributed by atoms with Crippen molar-refractivity contribution in [3.63, 3.8) is 0 Å². The topological polar surface area (TPSA) is 77.0 Å². The number of amides is 1. The van der Waals surface area contributed by atoms with Crippen LogP contribution in [-0.4, -0.2) is 43.6 Å². The first kappa shape index (κ1) is 14.9. The summed E-state index contributed by atoms with van der Waals surface area (Å²) in [6.45, 7) is 5.39. The SMILES string of the molecule is Cc1noc([C@@H]2CCN(C(=O)Cn3c(C)nc4ccccc43)C2)n1. The maximum absolute atomic E-state index is 12.7. The Morgan fingerprint density at radius 2 is 2.12 bits per heavy atom. The first-order valence-electron chi connectivity index (χ1n) is 8.11. The molecule has 7 nitrogen and oxygen atoms in total. The third kappa shape index (κ3) is 2.55. The van der Waals surface area contributed by atoms with Crippen LogP contribution in [0.1, 0.15) is 29.9 Å². The van der Waals surface area contributed by atoms with Crippen molar-refractivity contribution in [2.24, 2.45) is 0 Å². The van der Waals surface area contributed by atoms with Gasteiger partial charge in [-0.2, -0.15) is 4.98 Å². The minimum Gasteiger partial charge on any atom is -0.340 e. The number of nitrogens with zero attached hydrogens (tertiary/aromatic N) is 5.